The molecular weight excluding hydrogens is 248 g/mol. The van der Waals surface area contributed by atoms with Crippen molar-refractivity contribution in [1.29, 1.82) is 0 Å². The van der Waals surface area contributed by atoms with Crippen LogP contribution in [0.1, 0.15) is 43.2 Å². The van der Waals surface area contributed by atoms with Crippen LogP contribution in [0, 0.1) is 5.92 Å². The van der Waals surface area contributed by atoms with E-state index in [-0.39, 0.29) is 5.92 Å². The van der Waals surface area contributed by atoms with E-state index in [0.717, 1.165) is 32.6 Å². The molecule has 2 unspecified atom stereocenters. The summed E-state index contributed by atoms with van der Waals surface area (Å²) in [7, 11) is 0. The van der Waals surface area contributed by atoms with Crippen LogP contribution in [0.3, 0.4) is 0 Å². The quantitative estimate of drug-likeness (QED) is 0.916. The number of carbonyl (C=O) groups excluding carboxylic acids is 1. The summed E-state index contributed by atoms with van der Waals surface area (Å²) in [6.07, 6.45) is 1.03. The number of carbonyl (C=O) groups is 1. The third kappa shape index (κ3) is 2.73. The maximum atomic E-state index is 12.4. The molecule has 20 heavy (non-hydrogen) atoms. The van der Waals surface area contributed by atoms with Crippen LogP contribution in [0.5, 0.6) is 0 Å². The number of rotatable bonds is 3. The topological polar surface area (TPSA) is 32.3 Å². The van der Waals surface area contributed by atoms with Gasteiger partial charge in [-0.15, -0.1) is 0 Å². The lowest BCUT2D eigenvalue weighted by Crippen LogP contribution is -2.47. The van der Waals surface area contributed by atoms with Gasteiger partial charge in [-0.25, -0.2) is 0 Å². The van der Waals surface area contributed by atoms with Crippen molar-refractivity contribution in [3.05, 3.63) is 35.4 Å². The number of piperazine rings is 1. The summed E-state index contributed by atoms with van der Waals surface area (Å²) < 4.78 is 0. The molecule has 0 spiro atoms. The van der Waals surface area contributed by atoms with Gasteiger partial charge in [0.2, 0.25) is 5.91 Å². The molecule has 3 nitrogen and oxygen atoms in total. The molecule has 2 atom stereocenters. The largest absolute Gasteiger partial charge is 0.340 e. The SMILES string of the molecule is CC(C)c1ccc(C2CC2C(=O)N2CCNCC2)cc1. The van der Waals surface area contributed by atoms with Gasteiger partial charge in [-0.05, 0) is 29.4 Å². The van der Waals surface area contributed by atoms with Crippen molar-refractivity contribution >= 4 is 5.91 Å². The van der Waals surface area contributed by atoms with E-state index in [0.29, 0.717) is 17.7 Å². The maximum absolute atomic E-state index is 12.4. The first-order chi connectivity index (χ1) is 9.66. The second-order valence-electron chi connectivity index (χ2n) is 6.35. The van der Waals surface area contributed by atoms with Gasteiger partial charge in [-0.1, -0.05) is 38.1 Å². The Morgan fingerprint density at radius 3 is 2.45 bits per heavy atom. The molecule has 1 aliphatic carbocycles. The van der Waals surface area contributed by atoms with Gasteiger partial charge < -0.3 is 10.2 Å². The molecule has 2 fully saturated rings. The van der Waals surface area contributed by atoms with Gasteiger partial charge in [-0.2, -0.15) is 0 Å². The Bertz CT molecular complexity index is 474. The summed E-state index contributed by atoms with van der Waals surface area (Å²) in [5.74, 6) is 1.63. The minimum absolute atomic E-state index is 0.234. The van der Waals surface area contributed by atoms with E-state index < -0.39 is 0 Å². The van der Waals surface area contributed by atoms with Crippen LogP contribution in [0.4, 0.5) is 0 Å². The molecule has 3 heteroatoms. The fourth-order valence-corrected chi connectivity index (χ4v) is 3.08. The lowest BCUT2D eigenvalue weighted by molar-refractivity contribution is -0.133. The van der Waals surface area contributed by atoms with Crippen molar-refractivity contribution in [2.75, 3.05) is 26.2 Å². The molecule has 0 bridgehead atoms. The van der Waals surface area contributed by atoms with Gasteiger partial charge in [-0.3, -0.25) is 4.79 Å². The Kier molecular flexibility index (Phi) is 3.79. The Morgan fingerprint density at radius 1 is 1.20 bits per heavy atom. The van der Waals surface area contributed by atoms with Crippen LogP contribution < -0.4 is 5.32 Å². The van der Waals surface area contributed by atoms with Gasteiger partial charge in [0.15, 0.2) is 0 Å². The molecule has 0 aromatic heterocycles. The van der Waals surface area contributed by atoms with Gasteiger partial charge in [0.05, 0.1) is 0 Å². The number of benzene rings is 1. The van der Waals surface area contributed by atoms with E-state index in [9.17, 15) is 4.79 Å². The zero-order chi connectivity index (χ0) is 14.1. The highest BCUT2D eigenvalue weighted by Gasteiger charge is 2.45. The smallest absolute Gasteiger partial charge is 0.226 e. The van der Waals surface area contributed by atoms with Crippen LogP contribution in [0.15, 0.2) is 24.3 Å². The second-order valence-corrected chi connectivity index (χ2v) is 6.35. The minimum atomic E-state index is 0.234. The van der Waals surface area contributed by atoms with Crippen LogP contribution in [-0.4, -0.2) is 37.0 Å². The van der Waals surface area contributed by atoms with Crippen molar-refractivity contribution < 1.29 is 4.79 Å². The summed E-state index contributed by atoms with van der Waals surface area (Å²) in [5.41, 5.74) is 2.71. The summed E-state index contributed by atoms with van der Waals surface area (Å²) in [5, 5.41) is 3.29. The predicted molar refractivity (Wildman–Crippen MR) is 80.8 cm³/mol. The third-order valence-electron chi connectivity index (χ3n) is 4.57. The van der Waals surface area contributed by atoms with Crippen molar-refractivity contribution in [2.45, 2.75) is 32.1 Å². The Balaban J connectivity index is 1.61. The van der Waals surface area contributed by atoms with Crippen molar-refractivity contribution in [1.82, 2.24) is 10.2 Å². The molecule has 3 rings (SSSR count). The maximum Gasteiger partial charge on any atom is 0.226 e. The highest BCUT2D eigenvalue weighted by molar-refractivity contribution is 5.83. The molecule has 1 saturated heterocycles. The first kappa shape index (κ1) is 13.6. The fraction of sp³-hybridized carbons (Fsp3) is 0.588. The molecule has 1 amide bonds. The zero-order valence-corrected chi connectivity index (χ0v) is 12.4. The predicted octanol–water partition coefficient (Wildman–Crippen LogP) is 2.35. The van der Waals surface area contributed by atoms with E-state index >= 15 is 0 Å². The summed E-state index contributed by atoms with van der Waals surface area (Å²) in [4.78, 5) is 14.4. The van der Waals surface area contributed by atoms with Crippen LogP contribution in [-0.2, 0) is 4.79 Å². The summed E-state index contributed by atoms with van der Waals surface area (Å²) in [6.45, 7) is 8.03. The van der Waals surface area contributed by atoms with E-state index in [1.165, 1.54) is 11.1 Å². The number of nitrogens with one attached hydrogen (secondary N) is 1. The van der Waals surface area contributed by atoms with Crippen LogP contribution >= 0.6 is 0 Å². The van der Waals surface area contributed by atoms with Gasteiger partial charge >= 0.3 is 0 Å². The molecule has 1 aromatic rings. The molecule has 2 aliphatic rings. The highest BCUT2D eigenvalue weighted by atomic mass is 16.2. The molecule has 1 aromatic carbocycles. The Labute approximate surface area is 121 Å². The van der Waals surface area contributed by atoms with Crippen LogP contribution in [0.25, 0.3) is 0 Å². The lowest BCUT2D eigenvalue weighted by atomic mass is 10.00. The van der Waals surface area contributed by atoms with E-state index in [1.807, 2.05) is 4.90 Å². The number of hydrogen-bond donors (Lipinski definition) is 1. The van der Waals surface area contributed by atoms with E-state index in [1.54, 1.807) is 0 Å². The molecule has 108 valence electrons. The molecule has 1 N–H and O–H groups in total. The van der Waals surface area contributed by atoms with Crippen LogP contribution in [0.2, 0.25) is 0 Å². The van der Waals surface area contributed by atoms with Crippen molar-refractivity contribution in [3.8, 4) is 0 Å². The van der Waals surface area contributed by atoms with Crippen molar-refractivity contribution in [3.63, 3.8) is 0 Å². The first-order valence-corrected chi connectivity index (χ1v) is 7.76. The average Bonchev–Trinajstić information content (AvgIpc) is 3.28. The lowest BCUT2D eigenvalue weighted by Gasteiger charge is -2.27. The molecule has 0 radical (unpaired) electrons. The number of nitrogens with zero attached hydrogens (tertiary/aromatic N) is 1. The van der Waals surface area contributed by atoms with Crippen molar-refractivity contribution in [2.24, 2.45) is 5.92 Å². The molecule has 1 heterocycles. The number of amides is 1. The monoisotopic (exact) mass is 272 g/mol. The zero-order valence-electron chi connectivity index (χ0n) is 12.4. The van der Waals surface area contributed by atoms with Gasteiger partial charge in [0.25, 0.3) is 0 Å². The third-order valence-corrected chi connectivity index (χ3v) is 4.57. The Morgan fingerprint density at radius 2 is 1.85 bits per heavy atom. The van der Waals surface area contributed by atoms with E-state index in [2.05, 4.69) is 43.4 Å². The molecular formula is C17H24N2O. The molecule has 1 saturated carbocycles. The summed E-state index contributed by atoms with van der Waals surface area (Å²) >= 11 is 0. The first-order valence-electron chi connectivity index (χ1n) is 7.76. The highest BCUT2D eigenvalue weighted by Crippen LogP contribution is 2.48. The standard InChI is InChI=1S/C17H24N2O/c1-12(2)13-3-5-14(6-4-13)15-11-16(15)17(20)19-9-7-18-8-10-19/h3-6,12,15-16,18H,7-11H2,1-2H3. The van der Waals surface area contributed by atoms with Gasteiger partial charge in [0.1, 0.15) is 0 Å². The normalized spacial score (nSPS) is 25.9. The van der Waals surface area contributed by atoms with E-state index in [4.69, 9.17) is 0 Å². The molecule has 1 aliphatic heterocycles. The number of hydrogen-bond acceptors (Lipinski definition) is 2. The summed E-state index contributed by atoms with van der Waals surface area (Å²) in [6, 6.07) is 8.85. The second kappa shape index (κ2) is 5.57. The Hall–Kier alpha value is -1.35. The van der Waals surface area contributed by atoms with Gasteiger partial charge in [0, 0.05) is 32.1 Å². The minimum Gasteiger partial charge on any atom is -0.340 e. The fourth-order valence-electron chi connectivity index (χ4n) is 3.08. The average molecular weight is 272 g/mol.